The lowest BCUT2D eigenvalue weighted by Gasteiger charge is -2.36. The van der Waals surface area contributed by atoms with Gasteiger partial charge < -0.3 is 14.7 Å². The van der Waals surface area contributed by atoms with E-state index in [0.29, 0.717) is 30.3 Å². The van der Waals surface area contributed by atoms with Gasteiger partial charge in [0.25, 0.3) is 0 Å². The number of hydrogen-bond acceptors (Lipinski definition) is 7. The van der Waals surface area contributed by atoms with E-state index in [-0.39, 0.29) is 11.9 Å². The Morgan fingerprint density at radius 2 is 2.04 bits per heavy atom. The molecule has 2 aromatic rings. The molecule has 1 aliphatic rings. The summed E-state index contributed by atoms with van der Waals surface area (Å²) in [5.74, 6) is 0.0138. The molecule has 0 bridgehead atoms. The van der Waals surface area contributed by atoms with Crippen LogP contribution in [-0.2, 0) is 9.53 Å². The Morgan fingerprint density at radius 1 is 1.31 bits per heavy atom. The molecule has 1 fully saturated rings. The van der Waals surface area contributed by atoms with Crippen LogP contribution in [0.4, 0.5) is 5.82 Å². The molecule has 2 atom stereocenters. The van der Waals surface area contributed by atoms with Crippen molar-refractivity contribution < 1.29 is 19.4 Å². The largest absolute Gasteiger partial charge is 0.481 e. The number of carboxylic acid groups (broad SMARTS) is 1. The summed E-state index contributed by atoms with van der Waals surface area (Å²) in [6.07, 6.45) is 0.662. The van der Waals surface area contributed by atoms with Crippen LogP contribution in [0.1, 0.15) is 41.3 Å². The maximum Gasteiger partial charge on any atom is 0.348 e. The third kappa shape index (κ3) is 3.38. The summed E-state index contributed by atoms with van der Waals surface area (Å²) in [5, 5.41) is 10.3. The minimum atomic E-state index is -0.780. The Labute approximate surface area is 156 Å². The molecular weight excluding hydrogens is 354 g/mol. The number of carboxylic acids is 1. The standard InChI is InChI=1S/C18H23N3O4S/c1-5-25-18(24)14-10(3)13-15(19-11(4)20-16(13)26-14)21-7-9(2)6-12(8-21)17(22)23/h9,12H,5-8H2,1-4H3,(H,22,23). The number of anilines is 1. The first-order chi connectivity index (χ1) is 12.3. The van der Waals surface area contributed by atoms with Crippen molar-refractivity contribution >= 4 is 39.3 Å². The number of hydrogen-bond donors (Lipinski definition) is 1. The zero-order chi connectivity index (χ0) is 19.0. The fourth-order valence-electron chi connectivity index (χ4n) is 3.55. The van der Waals surface area contributed by atoms with Crippen LogP contribution in [0.25, 0.3) is 10.2 Å². The molecule has 0 spiro atoms. The summed E-state index contributed by atoms with van der Waals surface area (Å²) in [5.41, 5.74) is 0.795. The Balaban J connectivity index is 2.10. The number of ether oxygens (including phenoxy) is 1. The number of fused-ring (bicyclic) bond motifs is 1. The first-order valence-corrected chi connectivity index (χ1v) is 9.56. The van der Waals surface area contributed by atoms with Crippen LogP contribution in [0, 0.1) is 25.7 Å². The van der Waals surface area contributed by atoms with Gasteiger partial charge in [0.05, 0.1) is 17.9 Å². The number of thiophene rings is 1. The monoisotopic (exact) mass is 377 g/mol. The predicted molar refractivity (Wildman–Crippen MR) is 100.0 cm³/mol. The van der Waals surface area contributed by atoms with E-state index in [1.165, 1.54) is 11.3 Å². The topological polar surface area (TPSA) is 92.6 Å². The van der Waals surface area contributed by atoms with Crippen LogP contribution in [-0.4, -0.2) is 46.7 Å². The van der Waals surface area contributed by atoms with Crippen molar-refractivity contribution in [2.75, 3.05) is 24.6 Å². The highest BCUT2D eigenvalue weighted by Crippen LogP contribution is 2.37. The molecule has 2 unspecified atom stereocenters. The second-order valence-electron chi connectivity index (χ2n) is 6.83. The lowest BCUT2D eigenvalue weighted by molar-refractivity contribution is -0.142. The summed E-state index contributed by atoms with van der Waals surface area (Å²) >= 11 is 1.30. The molecule has 1 saturated heterocycles. The second-order valence-corrected chi connectivity index (χ2v) is 7.83. The number of aliphatic carboxylic acids is 1. The third-order valence-corrected chi connectivity index (χ3v) is 5.82. The van der Waals surface area contributed by atoms with Gasteiger partial charge in [0.1, 0.15) is 21.3 Å². The minimum Gasteiger partial charge on any atom is -0.481 e. The van der Waals surface area contributed by atoms with E-state index in [2.05, 4.69) is 16.9 Å². The van der Waals surface area contributed by atoms with Gasteiger partial charge in [0.2, 0.25) is 0 Å². The number of piperidine rings is 1. The van der Waals surface area contributed by atoms with Gasteiger partial charge in [-0.2, -0.15) is 0 Å². The number of nitrogens with zero attached hydrogens (tertiary/aromatic N) is 3. The number of aryl methyl sites for hydroxylation is 2. The highest BCUT2D eigenvalue weighted by atomic mass is 32.1. The third-order valence-electron chi connectivity index (χ3n) is 4.65. The van der Waals surface area contributed by atoms with Crippen LogP contribution in [0.2, 0.25) is 0 Å². The first kappa shape index (κ1) is 18.6. The molecule has 1 N–H and O–H groups in total. The summed E-state index contributed by atoms with van der Waals surface area (Å²) in [6.45, 7) is 8.97. The van der Waals surface area contributed by atoms with Gasteiger partial charge in [-0.05, 0) is 38.7 Å². The Morgan fingerprint density at radius 3 is 2.69 bits per heavy atom. The van der Waals surface area contributed by atoms with E-state index in [4.69, 9.17) is 4.74 Å². The van der Waals surface area contributed by atoms with E-state index in [1.54, 1.807) is 6.92 Å². The Bertz CT molecular complexity index is 864. The predicted octanol–water partition coefficient (Wildman–Crippen LogP) is 3.03. The number of aromatic nitrogens is 2. The highest BCUT2D eigenvalue weighted by molar-refractivity contribution is 7.20. The second kappa shape index (κ2) is 7.19. The molecule has 7 nitrogen and oxygen atoms in total. The van der Waals surface area contributed by atoms with Crippen molar-refractivity contribution in [2.45, 2.75) is 34.1 Å². The molecule has 8 heteroatoms. The van der Waals surface area contributed by atoms with E-state index >= 15 is 0 Å². The average molecular weight is 377 g/mol. The van der Waals surface area contributed by atoms with Gasteiger partial charge in [0.15, 0.2) is 0 Å². The number of carbonyl (C=O) groups is 2. The van der Waals surface area contributed by atoms with Crippen molar-refractivity contribution in [1.29, 1.82) is 0 Å². The van der Waals surface area contributed by atoms with Gasteiger partial charge >= 0.3 is 11.9 Å². The first-order valence-electron chi connectivity index (χ1n) is 8.74. The van der Waals surface area contributed by atoms with Crippen molar-refractivity contribution in [3.05, 3.63) is 16.3 Å². The smallest absolute Gasteiger partial charge is 0.348 e. The molecule has 0 radical (unpaired) electrons. The molecule has 2 aromatic heterocycles. The van der Waals surface area contributed by atoms with Crippen molar-refractivity contribution in [3.63, 3.8) is 0 Å². The fraction of sp³-hybridized carbons (Fsp3) is 0.556. The zero-order valence-corrected chi connectivity index (χ0v) is 16.2. The molecule has 3 rings (SSSR count). The molecule has 1 aliphatic heterocycles. The summed E-state index contributed by atoms with van der Waals surface area (Å²) < 4.78 is 5.15. The van der Waals surface area contributed by atoms with E-state index in [9.17, 15) is 14.7 Å². The summed E-state index contributed by atoms with van der Waals surface area (Å²) in [6, 6.07) is 0. The van der Waals surface area contributed by atoms with Gasteiger partial charge in [-0.3, -0.25) is 4.79 Å². The number of esters is 1. The SMILES string of the molecule is CCOC(=O)c1sc2nc(C)nc(N3CC(C)CC(C(=O)O)C3)c2c1C. The summed E-state index contributed by atoms with van der Waals surface area (Å²) in [7, 11) is 0. The Kier molecular flexibility index (Phi) is 5.13. The highest BCUT2D eigenvalue weighted by Gasteiger charge is 2.32. The van der Waals surface area contributed by atoms with Crippen molar-refractivity contribution in [1.82, 2.24) is 9.97 Å². The molecule has 0 aliphatic carbocycles. The molecule has 0 aromatic carbocycles. The van der Waals surface area contributed by atoms with Crippen LogP contribution < -0.4 is 4.90 Å². The van der Waals surface area contributed by atoms with Crippen LogP contribution in [0.3, 0.4) is 0 Å². The minimum absolute atomic E-state index is 0.249. The van der Waals surface area contributed by atoms with E-state index in [0.717, 1.165) is 28.1 Å². The normalized spacial score (nSPS) is 20.4. The van der Waals surface area contributed by atoms with Gasteiger partial charge in [0, 0.05) is 13.1 Å². The Hall–Kier alpha value is -2.22. The fourth-order valence-corrected chi connectivity index (χ4v) is 4.66. The van der Waals surface area contributed by atoms with Gasteiger partial charge in [-0.15, -0.1) is 11.3 Å². The van der Waals surface area contributed by atoms with Gasteiger partial charge in [-0.1, -0.05) is 6.92 Å². The number of rotatable bonds is 4. The lowest BCUT2D eigenvalue weighted by Crippen LogP contribution is -2.43. The number of carbonyl (C=O) groups excluding carboxylic acids is 1. The maximum absolute atomic E-state index is 12.2. The molecule has 3 heterocycles. The van der Waals surface area contributed by atoms with Crippen molar-refractivity contribution in [3.8, 4) is 0 Å². The molecule has 0 saturated carbocycles. The zero-order valence-electron chi connectivity index (χ0n) is 15.4. The quantitative estimate of drug-likeness (QED) is 0.819. The van der Waals surface area contributed by atoms with E-state index in [1.807, 2.05) is 18.7 Å². The van der Waals surface area contributed by atoms with Gasteiger partial charge in [-0.25, -0.2) is 14.8 Å². The molecule has 140 valence electrons. The maximum atomic E-state index is 12.2. The molecule has 0 amide bonds. The molecule has 26 heavy (non-hydrogen) atoms. The average Bonchev–Trinajstić information content (AvgIpc) is 2.90. The molecular formula is C18H23N3O4S. The lowest BCUT2D eigenvalue weighted by atomic mass is 9.90. The van der Waals surface area contributed by atoms with E-state index < -0.39 is 11.9 Å². The van der Waals surface area contributed by atoms with Crippen LogP contribution in [0.15, 0.2) is 0 Å². The summed E-state index contributed by atoms with van der Waals surface area (Å²) in [4.78, 5) is 36.2. The van der Waals surface area contributed by atoms with Crippen molar-refractivity contribution in [2.24, 2.45) is 11.8 Å². The van der Waals surface area contributed by atoms with Crippen LogP contribution in [0.5, 0.6) is 0 Å². The van der Waals surface area contributed by atoms with Crippen LogP contribution >= 0.6 is 11.3 Å².